The van der Waals surface area contributed by atoms with Crippen LogP contribution in [0.1, 0.15) is 16.7 Å². The molecule has 2 aliphatic heterocycles. The molecule has 2 heterocycles. The Kier molecular flexibility index (Phi) is 5.48. The van der Waals surface area contributed by atoms with Gasteiger partial charge in [0.2, 0.25) is 0 Å². The van der Waals surface area contributed by atoms with Gasteiger partial charge in [0.15, 0.2) is 5.88 Å². The van der Waals surface area contributed by atoms with E-state index in [1.807, 2.05) is 25.1 Å². The van der Waals surface area contributed by atoms with E-state index in [4.69, 9.17) is 37.4 Å². The predicted molar refractivity (Wildman–Crippen MR) is 107 cm³/mol. The van der Waals surface area contributed by atoms with Gasteiger partial charge in [-0.1, -0.05) is 35.3 Å². The molecule has 0 radical (unpaired) electrons. The Morgan fingerprint density at radius 2 is 1.89 bits per heavy atom. The van der Waals surface area contributed by atoms with Crippen LogP contribution in [0.3, 0.4) is 0 Å². The van der Waals surface area contributed by atoms with Crippen LogP contribution in [-0.4, -0.2) is 31.2 Å². The van der Waals surface area contributed by atoms with Crippen LogP contribution < -0.4 is 9.47 Å². The summed E-state index contributed by atoms with van der Waals surface area (Å²) in [5.41, 5.74) is 3.15. The molecule has 0 bridgehead atoms. The van der Waals surface area contributed by atoms with Crippen LogP contribution in [0.25, 0.3) is 0 Å². The molecule has 0 aliphatic carbocycles. The van der Waals surface area contributed by atoms with E-state index in [0.29, 0.717) is 16.7 Å². The molecule has 1 fully saturated rings. The fraction of sp³-hybridized carbons (Fsp3) is 0.333. The zero-order valence-corrected chi connectivity index (χ0v) is 16.6. The maximum absolute atomic E-state index is 6.24. The van der Waals surface area contributed by atoms with Crippen LogP contribution in [0.5, 0.6) is 11.5 Å². The molecule has 2 aromatic carbocycles. The largest absolute Gasteiger partial charge is 0.488 e. The van der Waals surface area contributed by atoms with Crippen molar-refractivity contribution >= 4 is 23.2 Å². The highest BCUT2D eigenvalue weighted by atomic mass is 35.5. The van der Waals surface area contributed by atoms with Crippen molar-refractivity contribution in [2.24, 2.45) is 0 Å². The number of rotatable bonds is 4. The summed E-state index contributed by atoms with van der Waals surface area (Å²) in [7, 11) is 0. The van der Waals surface area contributed by atoms with Crippen LogP contribution in [0.2, 0.25) is 10.0 Å². The third kappa shape index (κ3) is 4.03. The van der Waals surface area contributed by atoms with Crippen molar-refractivity contribution < 1.29 is 14.2 Å². The summed E-state index contributed by atoms with van der Waals surface area (Å²) in [6, 6.07) is 9.59. The van der Waals surface area contributed by atoms with E-state index in [9.17, 15) is 0 Å². The zero-order valence-electron chi connectivity index (χ0n) is 15.1. The topological polar surface area (TPSA) is 30.9 Å². The van der Waals surface area contributed by atoms with E-state index >= 15 is 0 Å². The maximum Gasteiger partial charge on any atom is 0.192 e. The molecule has 1 saturated heterocycles. The molecule has 27 heavy (non-hydrogen) atoms. The van der Waals surface area contributed by atoms with Gasteiger partial charge in [-0.2, -0.15) is 0 Å². The molecule has 0 amide bonds. The minimum Gasteiger partial charge on any atom is -0.488 e. The normalized spacial score (nSPS) is 16.4. The molecule has 0 atom stereocenters. The highest BCUT2D eigenvalue weighted by molar-refractivity contribution is 6.42. The van der Waals surface area contributed by atoms with Crippen molar-refractivity contribution in [2.45, 2.75) is 20.0 Å². The first-order valence-electron chi connectivity index (χ1n) is 9.02. The quantitative estimate of drug-likeness (QED) is 0.716. The molecule has 0 saturated carbocycles. The molecule has 6 heteroatoms. The monoisotopic (exact) mass is 405 g/mol. The van der Waals surface area contributed by atoms with Crippen molar-refractivity contribution in [3.05, 3.63) is 69.0 Å². The second-order valence-electron chi connectivity index (χ2n) is 6.66. The number of allylic oxidation sites excluding steroid dienone is 1. The smallest absolute Gasteiger partial charge is 0.192 e. The van der Waals surface area contributed by atoms with Crippen molar-refractivity contribution in [2.75, 3.05) is 26.3 Å². The summed E-state index contributed by atoms with van der Waals surface area (Å²) >= 11 is 12.1. The van der Waals surface area contributed by atoms with Crippen molar-refractivity contribution in [1.29, 1.82) is 0 Å². The van der Waals surface area contributed by atoms with E-state index in [-0.39, 0.29) is 0 Å². The number of ether oxygens (including phenoxy) is 3. The Morgan fingerprint density at radius 1 is 1.07 bits per heavy atom. The molecule has 2 aromatic rings. The second kappa shape index (κ2) is 8.01. The third-order valence-corrected chi connectivity index (χ3v) is 5.58. The first kappa shape index (κ1) is 18.5. The van der Waals surface area contributed by atoms with Gasteiger partial charge in [0.25, 0.3) is 0 Å². The van der Waals surface area contributed by atoms with Gasteiger partial charge in [-0.05, 0) is 48.7 Å². The number of hydrogen-bond acceptors (Lipinski definition) is 4. The second-order valence-corrected chi connectivity index (χ2v) is 7.48. The van der Waals surface area contributed by atoms with Gasteiger partial charge >= 0.3 is 0 Å². The lowest BCUT2D eigenvalue weighted by molar-refractivity contribution is 0.0338. The summed E-state index contributed by atoms with van der Waals surface area (Å²) in [6.45, 7) is 5.63. The van der Waals surface area contributed by atoms with Crippen molar-refractivity contribution in [3.63, 3.8) is 0 Å². The molecular weight excluding hydrogens is 385 g/mol. The lowest BCUT2D eigenvalue weighted by Crippen LogP contribution is -2.38. The Hall–Kier alpha value is -1.88. The highest BCUT2D eigenvalue weighted by Gasteiger charge is 2.22. The minimum atomic E-state index is 0.419. The number of halogens is 2. The van der Waals surface area contributed by atoms with Gasteiger partial charge in [0, 0.05) is 18.7 Å². The SMILES string of the molecule is Cc1c(OCc2ccc(Cl)c(Cl)c2)ccc2c1OC(N1CCOCC1)=CC2. The number of hydrogen-bond donors (Lipinski definition) is 0. The van der Waals surface area contributed by atoms with E-state index in [1.165, 1.54) is 5.56 Å². The van der Waals surface area contributed by atoms with Gasteiger partial charge in [-0.3, -0.25) is 0 Å². The Morgan fingerprint density at radius 3 is 2.67 bits per heavy atom. The van der Waals surface area contributed by atoms with E-state index in [2.05, 4.69) is 17.0 Å². The summed E-state index contributed by atoms with van der Waals surface area (Å²) in [4.78, 5) is 2.23. The van der Waals surface area contributed by atoms with Crippen LogP contribution in [0, 0.1) is 6.92 Å². The van der Waals surface area contributed by atoms with E-state index < -0.39 is 0 Å². The summed E-state index contributed by atoms with van der Waals surface area (Å²) in [6.07, 6.45) is 3.00. The highest BCUT2D eigenvalue weighted by Crippen LogP contribution is 2.37. The van der Waals surface area contributed by atoms with Gasteiger partial charge in [-0.25, -0.2) is 0 Å². The van der Waals surface area contributed by atoms with Gasteiger partial charge in [-0.15, -0.1) is 0 Å². The molecule has 4 rings (SSSR count). The van der Waals surface area contributed by atoms with Gasteiger partial charge in [0.1, 0.15) is 18.1 Å². The molecule has 0 unspecified atom stereocenters. The first-order valence-corrected chi connectivity index (χ1v) is 9.77. The van der Waals surface area contributed by atoms with Crippen LogP contribution >= 0.6 is 23.2 Å². The van der Waals surface area contributed by atoms with Crippen molar-refractivity contribution in [3.8, 4) is 11.5 Å². The average molecular weight is 406 g/mol. The Balaban J connectivity index is 1.49. The predicted octanol–water partition coefficient (Wildman–Crippen LogP) is 4.99. The molecule has 142 valence electrons. The summed E-state index contributed by atoms with van der Waals surface area (Å²) in [5.74, 6) is 2.62. The van der Waals surface area contributed by atoms with Crippen LogP contribution in [0.4, 0.5) is 0 Å². The van der Waals surface area contributed by atoms with Crippen LogP contribution in [-0.2, 0) is 17.8 Å². The number of benzene rings is 2. The Labute approximate surface area is 169 Å². The van der Waals surface area contributed by atoms with Gasteiger partial charge in [0.05, 0.1) is 23.3 Å². The molecule has 0 aromatic heterocycles. The number of morpholine rings is 1. The van der Waals surface area contributed by atoms with Gasteiger partial charge < -0.3 is 19.1 Å². The average Bonchev–Trinajstić information content (AvgIpc) is 2.70. The summed E-state index contributed by atoms with van der Waals surface area (Å²) in [5, 5.41) is 1.07. The molecule has 0 N–H and O–H groups in total. The molecular formula is C21H21Cl2NO3. The zero-order chi connectivity index (χ0) is 18.8. The molecule has 4 nitrogen and oxygen atoms in total. The lowest BCUT2D eigenvalue weighted by atomic mass is 10.0. The maximum atomic E-state index is 6.24. The van der Waals surface area contributed by atoms with Crippen molar-refractivity contribution in [1.82, 2.24) is 4.90 Å². The number of nitrogens with zero attached hydrogens (tertiary/aromatic N) is 1. The summed E-state index contributed by atoms with van der Waals surface area (Å²) < 4.78 is 17.7. The fourth-order valence-corrected chi connectivity index (χ4v) is 3.62. The van der Waals surface area contributed by atoms with E-state index in [1.54, 1.807) is 6.07 Å². The molecule has 2 aliphatic rings. The molecule has 0 spiro atoms. The first-order chi connectivity index (χ1) is 13.1. The lowest BCUT2D eigenvalue weighted by Gasteiger charge is -2.33. The standard InChI is InChI=1S/C21H21Cl2NO3/c1-14-19(26-13-15-2-5-17(22)18(23)12-15)6-3-16-4-7-20(27-21(14)16)24-8-10-25-11-9-24/h2-3,5-7,12H,4,8-11,13H2,1H3. The minimum absolute atomic E-state index is 0.419. The van der Waals surface area contributed by atoms with Crippen LogP contribution in [0.15, 0.2) is 42.3 Å². The fourth-order valence-electron chi connectivity index (χ4n) is 3.30. The number of fused-ring (bicyclic) bond motifs is 1. The van der Waals surface area contributed by atoms with E-state index in [0.717, 1.165) is 61.2 Å². The Bertz CT molecular complexity index is 876. The third-order valence-electron chi connectivity index (χ3n) is 4.84.